The van der Waals surface area contributed by atoms with Crippen LogP contribution < -0.4 is 0 Å². The van der Waals surface area contributed by atoms with Crippen LogP contribution in [0.25, 0.3) is 16.7 Å². The van der Waals surface area contributed by atoms with E-state index in [1.165, 1.54) is 5.57 Å². The molecule has 0 unspecified atom stereocenters. The Morgan fingerprint density at radius 1 is 1.30 bits per heavy atom. The molecule has 7 nitrogen and oxygen atoms in total. The number of carboxylic acid groups (broad SMARTS) is 1. The van der Waals surface area contributed by atoms with Crippen molar-refractivity contribution in [1.29, 1.82) is 0 Å². The molecule has 4 atom stereocenters. The van der Waals surface area contributed by atoms with E-state index in [9.17, 15) is 4.79 Å². The second-order valence-electron chi connectivity index (χ2n) is 10.5. The molecule has 0 saturated carbocycles. The molecule has 3 heterocycles. The summed E-state index contributed by atoms with van der Waals surface area (Å²) in [4.78, 5) is 23.5. The van der Waals surface area contributed by atoms with Crippen molar-refractivity contribution in [1.82, 2.24) is 24.6 Å². The molecule has 3 aromatic rings. The number of hydrogen-bond donors (Lipinski definition) is 1. The molecule has 2 aliphatic rings. The van der Waals surface area contributed by atoms with E-state index in [0.29, 0.717) is 28.0 Å². The van der Waals surface area contributed by atoms with Gasteiger partial charge in [0.1, 0.15) is 5.52 Å². The average Bonchev–Trinajstić information content (AvgIpc) is 3.46. The third kappa shape index (κ3) is 5.27. The number of carboxylic acids is 1. The number of benzene rings is 1. The van der Waals surface area contributed by atoms with E-state index >= 15 is 0 Å². The van der Waals surface area contributed by atoms with Crippen molar-refractivity contribution in [3.8, 4) is 0 Å². The lowest BCUT2D eigenvalue weighted by Crippen LogP contribution is -2.44. The van der Waals surface area contributed by atoms with Crippen molar-refractivity contribution < 1.29 is 9.90 Å². The van der Waals surface area contributed by atoms with E-state index < -0.39 is 5.97 Å². The Morgan fingerprint density at radius 2 is 2.11 bits per heavy atom. The standard InChI is InChI=1S/C28H33Cl2N5O2/c1-16-13-19(6-10-25(16)34-12-4-5-21(34)8-11-26(36)37)24-15-31-27-17(2)33-35(28(27)32-24)18(3)22-9-7-20(29)14-23(22)30/h6-7,9,14-16,18,21,25H,4-5,8,10-13H2,1-3H3,(H,36,37)/t16-,18+,21-,25+/m0/s1. The van der Waals surface area contributed by atoms with Crippen LogP contribution in [-0.4, -0.2) is 54.4 Å². The zero-order valence-corrected chi connectivity index (χ0v) is 23.0. The van der Waals surface area contributed by atoms with Crippen LogP contribution in [-0.2, 0) is 4.79 Å². The average molecular weight is 543 g/mol. The monoisotopic (exact) mass is 541 g/mol. The molecule has 1 aliphatic carbocycles. The highest BCUT2D eigenvalue weighted by Gasteiger charge is 2.35. The molecule has 0 radical (unpaired) electrons. The van der Waals surface area contributed by atoms with E-state index in [0.717, 1.165) is 66.8 Å². The number of carbonyl (C=O) groups is 1. The van der Waals surface area contributed by atoms with Crippen LogP contribution in [0, 0.1) is 12.8 Å². The summed E-state index contributed by atoms with van der Waals surface area (Å²) in [6.07, 6.45) is 9.24. The lowest BCUT2D eigenvalue weighted by atomic mass is 9.83. The SMILES string of the molecule is Cc1nn([C@H](C)c2ccc(Cl)cc2Cl)c2nc(C3=CC[C@@H](N4CCC[C@H]4CCC(=O)O)[C@@H](C)C3)cnc12. The van der Waals surface area contributed by atoms with Crippen LogP contribution in [0.1, 0.15) is 75.4 Å². The van der Waals surface area contributed by atoms with Crippen LogP contribution in [0.15, 0.2) is 30.5 Å². The number of aliphatic carboxylic acids is 1. The van der Waals surface area contributed by atoms with Gasteiger partial charge in [0.15, 0.2) is 5.65 Å². The maximum absolute atomic E-state index is 11.1. The molecule has 1 saturated heterocycles. The zero-order chi connectivity index (χ0) is 26.3. The van der Waals surface area contributed by atoms with Crippen molar-refractivity contribution in [2.45, 2.75) is 77.4 Å². The van der Waals surface area contributed by atoms with Gasteiger partial charge in [-0.15, -0.1) is 0 Å². The topological polar surface area (TPSA) is 84.1 Å². The first kappa shape index (κ1) is 26.1. The molecule has 1 N–H and O–H groups in total. The van der Waals surface area contributed by atoms with Gasteiger partial charge in [0.25, 0.3) is 0 Å². The van der Waals surface area contributed by atoms with Crippen LogP contribution in [0.4, 0.5) is 0 Å². The minimum absolute atomic E-state index is 0.132. The maximum atomic E-state index is 11.1. The third-order valence-electron chi connectivity index (χ3n) is 8.02. The Balaban J connectivity index is 1.41. The molecule has 196 valence electrons. The van der Waals surface area contributed by atoms with Gasteiger partial charge in [-0.1, -0.05) is 42.3 Å². The van der Waals surface area contributed by atoms with E-state index in [1.807, 2.05) is 29.9 Å². The van der Waals surface area contributed by atoms with E-state index in [1.54, 1.807) is 6.07 Å². The smallest absolute Gasteiger partial charge is 0.303 e. The summed E-state index contributed by atoms with van der Waals surface area (Å²) >= 11 is 12.6. The van der Waals surface area contributed by atoms with Crippen molar-refractivity contribution in [3.05, 3.63) is 57.5 Å². The summed E-state index contributed by atoms with van der Waals surface area (Å²) in [6.45, 7) is 7.36. The fourth-order valence-corrected chi connectivity index (χ4v) is 6.64. The third-order valence-corrected chi connectivity index (χ3v) is 8.59. The second kappa shape index (κ2) is 10.7. The zero-order valence-electron chi connectivity index (χ0n) is 21.5. The fourth-order valence-electron chi connectivity index (χ4n) is 6.08. The lowest BCUT2D eigenvalue weighted by molar-refractivity contribution is -0.137. The summed E-state index contributed by atoms with van der Waals surface area (Å²) < 4.78 is 1.91. The maximum Gasteiger partial charge on any atom is 0.303 e. The normalized spacial score (nSPS) is 23.4. The van der Waals surface area contributed by atoms with Gasteiger partial charge in [0, 0.05) is 28.5 Å². The fraction of sp³-hybridized carbons (Fsp3) is 0.500. The van der Waals surface area contributed by atoms with Gasteiger partial charge in [-0.05, 0) is 81.7 Å². The van der Waals surface area contributed by atoms with Crippen molar-refractivity contribution in [3.63, 3.8) is 0 Å². The van der Waals surface area contributed by atoms with Gasteiger partial charge >= 0.3 is 5.97 Å². The quantitative estimate of drug-likeness (QED) is 0.364. The highest BCUT2D eigenvalue weighted by Crippen LogP contribution is 2.37. The van der Waals surface area contributed by atoms with Gasteiger partial charge in [0.05, 0.1) is 23.6 Å². The summed E-state index contributed by atoms with van der Waals surface area (Å²) in [5.41, 5.74) is 5.40. The van der Waals surface area contributed by atoms with Crippen molar-refractivity contribution in [2.75, 3.05) is 6.54 Å². The number of rotatable bonds is 7. The number of allylic oxidation sites excluding steroid dienone is 1. The number of likely N-dealkylation sites (tertiary alicyclic amines) is 1. The molecular formula is C28H33Cl2N5O2. The minimum Gasteiger partial charge on any atom is -0.481 e. The van der Waals surface area contributed by atoms with Gasteiger partial charge in [-0.3, -0.25) is 9.69 Å². The highest BCUT2D eigenvalue weighted by molar-refractivity contribution is 6.35. The first-order valence-corrected chi connectivity index (χ1v) is 13.8. The molecule has 9 heteroatoms. The number of nitrogens with zero attached hydrogens (tertiary/aromatic N) is 5. The molecule has 0 bridgehead atoms. The predicted octanol–water partition coefficient (Wildman–Crippen LogP) is 6.56. The van der Waals surface area contributed by atoms with Crippen LogP contribution >= 0.6 is 23.2 Å². The first-order valence-electron chi connectivity index (χ1n) is 13.1. The van der Waals surface area contributed by atoms with Crippen molar-refractivity contribution >= 4 is 45.9 Å². The number of aryl methyl sites for hydroxylation is 1. The predicted molar refractivity (Wildman–Crippen MR) is 147 cm³/mol. The number of hydrogen-bond acceptors (Lipinski definition) is 5. The summed E-state index contributed by atoms with van der Waals surface area (Å²) in [6, 6.07) is 6.19. The summed E-state index contributed by atoms with van der Waals surface area (Å²) in [5, 5.41) is 15.1. The van der Waals surface area contributed by atoms with Gasteiger partial charge in [0.2, 0.25) is 0 Å². The van der Waals surface area contributed by atoms with Crippen LogP contribution in [0.5, 0.6) is 0 Å². The number of aromatic nitrogens is 4. The molecule has 1 aromatic carbocycles. The second-order valence-corrected chi connectivity index (χ2v) is 11.3. The van der Waals surface area contributed by atoms with Crippen molar-refractivity contribution in [2.24, 2.45) is 5.92 Å². The number of fused-ring (bicyclic) bond motifs is 1. The Hall–Kier alpha value is -2.48. The molecule has 37 heavy (non-hydrogen) atoms. The largest absolute Gasteiger partial charge is 0.481 e. The molecule has 0 amide bonds. The van der Waals surface area contributed by atoms with Gasteiger partial charge < -0.3 is 5.11 Å². The number of halogens is 2. The summed E-state index contributed by atoms with van der Waals surface area (Å²) in [7, 11) is 0. The summed E-state index contributed by atoms with van der Waals surface area (Å²) in [5.74, 6) is -0.261. The molecule has 0 spiro atoms. The molecule has 1 aliphatic heterocycles. The van der Waals surface area contributed by atoms with Gasteiger partial charge in [-0.25, -0.2) is 14.6 Å². The lowest BCUT2D eigenvalue weighted by Gasteiger charge is -2.39. The van der Waals surface area contributed by atoms with Crippen LogP contribution in [0.3, 0.4) is 0 Å². The molecule has 2 aromatic heterocycles. The van der Waals surface area contributed by atoms with E-state index in [2.05, 4.69) is 24.8 Å². The first-order chi connectivity index (χ1) is 17.7. The van der Waals surface area contributed by atoms with Crippen LogP contribution in [0.2, 0.25) is 10.0 Å². The Labute approximate surface area is 227 Å². The Bertz CT molecular complexity index is 1350. The van der Waals surface area contributed by atoms with E-state index in [4.69, 9.17) is 43.4 Å². The molecular weight excluding hydrogens is 509 g/mol. The Morgan fingerprint density at radius 3 is 2.84 bits per heavy atom. The van der Waals surface area contributed by atoms with Gasteiger partial charge in [-0.2, -0.15) is 5.10 Å². The highest BCUT2D eigenvalue weighted by atomic mass is 35.5. The molecule has 1 fully saturated rings. The minimum atomic E-state index is -0.707. The van der Waals surface area contributed by atoms with E-state index in [-0.39, 0.29) is 12.5 Å². The molecule has 5 rings (SSSR count). The Kier molecular flexibility index (Phi) is 7.57.